The molecule has 2 aliphatic rings. The van der Waals surface area contributed by atoms with Crippen molar-refractivity contribution >= 4 is 11.8 Å². The second-order valence-electron chi connectivity index (χ2n) is 11.1. The van der Waals surface area contributed by atoms with Crippen LogP contribution in [-0.2, 0) is 0 Å². The summed E-state index contributed by atoms with van der Waals surface area (Å²) in [7, 11) is 1.53. The highest BCUT2D eigenvalue weighted by atomic mass is 19.3. The van der Waals surface area contributed by atoms with Crippen LogP contribution in [0.1, 0.15) is 78.3 Å². The Hall–Kier alpha value is -3.00. The maximum atomic E-state index is 14.9. The highest BCUT2D eigenvalue weighted by molar-refractivity contribution is 6.02. The Bertz CT molecular complexity index is 1150. The van der Waals surface area contributed by atoms with Crippen molar-refractivity contribution in [2.45, 2.75) is 64.0 Å². The minimum absolute atomic E-state index is 0.135. The van der Waals surface area contributed by atoms with Crippen molar-refractivity contribution in [1.29, 1.82) is 0 Å². The van der Waals surface area contributed by atoms with Crippen LogP contribution < -0.4 is 15.4 Å². The molecule has 0 spiro atoms. The number of amides is 2. The molecule has 0 radical (unpaired) electrons. The summed E-state index contributed by atoms with van der Waals surface area (Å²) in [6, 6.07) is 13.1. The molecule has 6 nitrogen and oxygen atoms in total. The monoisotopic (exact) mass is 513 g/mol. The Morgan fingerprint density at radius 2 is 1.84 bits per heavy atom. The number of carbonyl (C=O) groups excluding carboxylic acids is 2. The van der Waals surface area contributed by atoms with Crippen molar-refractivity contribution < 1.29 is 23.1 Å². The predicted molar refractivity (Wildman–Crippen MR) is 140 cm³/mol. The van der Waals surface area contributed by atoms with Crippen molar-refractivity contribution in [3.05, 3.63) is 64.7 Å². The Balaban J connectivity index is 1.51. The van der Waals surface area contributed by atoms with E-state index in [2.05, 4.69) is 10.6 Å². The van der Waals surface area contributed by atoms with Gasteiger partial charge in [-0.3, -0.25) is 14.5 Å². The molecule has 2 aromatic rings. The first-order valence-electron chi connectivity index (χ1n) is 12.9. The standard InChI is InChI=1S/C29H37F2N3O3/c1-18-24(19-9-7-6-8-10-19)22-15-20(16-23(25(22)37-18)27(36)32-5)26(35)33-13-11-21-12-14-34(28(2,3)4)17-29(21,30)31/h6-10,15-16,18,21,24H,11-14,17H2,1-5H3,(H,32,36)(H,33,35)/t18-,21?,24+/m1/s1. The maximum Gasteiger partial charge on any atom is 0.263 e. The molecule has 8 heteroatoms. The van der Waals surface area contributed by atoms with Gasteiger partial charge in [-0.05, 0) is 64.8 Å². The minimum atomic E-state index is -2.81. The van der Waals surface area contributed by atoms with Crippen molar-refractivity contribution in [3.8, 4) is 5.75 Å². The summed E-state index contributed by atoms with van der Waals surface area (Å²) < 4.78 is 35.8. The molecule has 1 unspecified atom stereocenters. The van der Waals surface area contributed by atoms with Crippen molar-refractivity contribution in [2.24, 2.45) is 5.92 Å². The van der Waals surface area contributed by atoms with Gasteiger partial charge in [-0.2, -0.15) is 0 Å². The lowest BCUT2D eigenvalue weighted by molar-refractivity contribution is -0.129. The van der Waals surface area contributed by atoms with Gasteiger partial charge < -0.3 is 15.4 Å². The summed E-state index contributed by atoms with van der Waals surface area (Å²) in [5, 5.41) is 5.43. The average Bonchev–Trinajstić information content (AvgIpc) is 3.18. The number of fused-ring (bicyclic) bond motifs is 1. The van der Waals surface area contributed by atoms with Gasteiger partial charge in [0.15, 0.2) is 0 Å². The first-order valence-corrected chi connectivity index (χ1v) is 12.9. The lowest BCUT2D eigenvalue weighted by atomic mass is 9.86. The molecular formula is C29H37F2N3O3. The molecule has 0 bridgehead atoms. The van der Waals surface area contributed by atoms with Gasteiger partial charge in [0.2, 0.25) is 0 Å². The molecule has 200 valence electrons. The molecule has 3 atom stereocenters. The number of alkyl halides is 2. The zero-order valence-corrected chi connectivity index (χ0v) is 22.2. The highest BCUT2D eigenvalue weighted by Crippen LogP contribution is 2.45. The van der Waals surface area contributed by atoms with Gasteiger partial charge in [0.05, 0.1) is 12.1 Å². The fourth-order valence-electron chi connectivity index (χ4n) is 5.44. The van der Waals surface area contributed by atoms with Gasteiger partial charge in [-0.1, -0.05) is 30.3 Å². The first kappa shape index (κ1) is 27.0. The summed E-state index contributed by atoms with van der Waals surface area (Å²) in [6.45, 7) is 8.25. The number of ether oxygens (including phenoxy) is 1. The van der Waals surface area contributed by atoms with Crippen LogP contribution in [0.3, 0.4) is 0 Å². The van der Waals surface area contributed by atoms with E-state index in [1.807, 2.05) is 62.9 Å². The van der Waals surface area contributed by atoms with Crippen molar-refractivity contribution in [2.75, 3.05) is 26.7 Å². The number of hydrogen-bond acceptors (Lipinski definition) is 4. The summed E-state index contributed by atoms with van der Waals surface area (Å²) in [5.74, 6) is -4.01. The van der Waals surface area contributed by atoms with E-state index in [0.717, 1.165) is 11.1 Å². The van der Waals surface area contributed by atoms with Crippen LogP contribution in [0.4, 0.5) is 8.78 Å². The molecule has 2 aromatic carbocycles. The van der Waals surface area contributed by atoms with Crippen LogP contribution in [0.15, 0.2) is 42.5 Å². The summed E-state index contributed by atoms with van der Waals surface area (Å²) in [6.07, 6.45) is 0.352. The average molecular weight is 514 g/mol. The zero-order valence-electron chi connectivity index (χ0n) is 22.2. The van der Waals surface area contributed by atoms with Gasteiger partial charge >= 0.3 is 0 Å². The van der Waals surface area contributed by atoms with E-state index in [-0.39, 0.29) is 48.5 Å². The van der Waals surface area contributed by atoms with Crippen LogP contribution in [-0.4, -0.2) is 61.0 Å². The number of likely N-dealkylation sites (tertiary alicyclic amines) is 1. The van der Waals surface area contributed by atoms with Crippen LogP contribution in [0.25, 0.3) is 0 Å². The van der Waals surface area contributed by atoms with Gasteiger partial charge in [0.1, 0.15) is 11.9 Å². The molecule has 2 aliphatic heterocycles. The zero-order chi connectivity index (χ0) is 27.0. The number of halogens is 2. The van der Waals surface area contributed by atoms with Gasteiger partial charge in [-0.25, -0.2) is 8.78 Å². The largest absolute Gasteiger partial charge is 0.489 e. The number of nitrogens with one attached hydrogen (secondary N) is 2. The lowest BCUT2D eigenvalue weighted by Gasteiger charge is -2.44. The SMILES string of the molecule is CNC(=O)c1cc(C(=O)NCCC2CCN(C(C)(C)C)CC2(F)F)cc2c1O[C@H](C)[C@H]2c1ccccc1. The van der Waals surface area contributed by atoms with Crippen molar-refractivity contribution in [1.82, 2.24) is 15.5 Å². The molecule has 37 heavy (non-hydrogen) atoms. The molecule has 2 N–H and O–H groups in total. The number of piperidine rings is 1. The molecule has 0 aliphatic carbocycles. The summed E-state index contributed by atoms with van der Waals surface area (Å²) >= 11 is 0. The third-order valence-electron chi connectivity index (χ3n) is 7.59. The molecule has 0 saturated carbocycles. The molecule has 1 fully saturated rings. The van der Waals surface area contributed by atoms with E-state index < -0.39 is 17.7 Å². The predicted octanol–water partition coefficient (Wildman–Crippen LogP) is 4.83. The number of benzene rings is 2. The molecule has 2 heterocycles. The maximum absolute atomic E-state index is 14.9. The second kappa shape index (κ2) is 10.4. The molecule has 2 amide bonds. The van der Waals surface area contributed by atoms with Gasteiger partial charge in [-0.15, -0.1) is 0 Å². The van der Waals surface area contributed by atoms with E-state index in [1.54, 1.807) is 6.07 Å². The molecular weight excluding hydrogens is 476 g/mol. The van der Waals surface area contributed by atoms with E-state index >= 15 is 0 Å². The summed E-state index contributed by atoms with van der Waals surface area (Å²) in [4.78, 5) is 27.6. The van der Waals surface area contributed by atoms with E-state index in [9.17, 15) is 18.4 Å². The topological polar surface area (TPSA) is 70.7 Å². The van der Waals surface area contributed by atoms with Crippen LogP contribution in [0.5, 0.6) is 5.75 Å². The Morgan fingerprint density at radius 3 is 2.46 bits per heavy atom. The fraction of sp³-hybridized carbons (Fsp3) is 0.517. The lowest BCUT2D eigenvalue weighted by Crippen LogP contribution is -2.55. The van der Waals surface area contributed by atoms with E-state index in [4.69, 9.17) is 4.74 Å². The van der Waals surface area contributed by atoms with Crippen LogP contribution >= 0.6 is 0 Å². The Morgan fingerprint density at radius 1 is 1.14 bits per heavy atom. The molecule has 4 rings (SSSR count). The van der Waals surface area contributed by atoms with Gasteiger partial charge in [0, 0.05) is 42.1 Å². The second-order valence-corrected chi connectivity index (χ2v) is 11.1. The number of hydrogen-bond donors (Lipinski definition) is 2. The third kappa shape index (κ3) is 5.64. The van der Waals surface area contributed by atoms with Crippen LogP contribution in [0.2, 0.25) is 0 Å². The smallest absolute Gasteiger partial charge is 0.263 e. The van der Waals surface area contributed by atoms with E-state index in [1.165, 1.54) is 13.1 Å². The van der Waals surface area contributed by atoms with Crippen molar-refractivity contribution in [3.63, 3.8) is 0 Å². The minimum Gasteiger partial charge on any atom is -0.489 e. The molecule has 0 aromatic heterocycles. The fourth-order valence-corrected chi connectivity index (χ4v) is 5.44. The highest BCUT2D eigenvalue weighted by Gasteiger charge is 2.46. The Labute approximate surface area is 217 Å². The first-order chi connectivity index (χ1) is 17.4. The Kier molecular flexibility index (Phi) is 7.60. The number of rotatable bonds is 6. The number of nitrogens with zero attached hydrogens (tertiary/aromatic N) is 1. The molecule has 1 saturated heterocycles. The third-order valence-corrected chi connectivity index (χ3v) is 7.59. The quantitative estimate of drug-likeness (QED) is 0.580. The normalized spacial score (nSPS) is 23.2. The number of carbonyl (C=O) groups is 2. The van der Waals surface area contributed by atoms with Crippen LogP contribution in [0, 0.1) is 5.92 Å². The van der Waals surface area contributed by atoms with Gasteiger partial charge in [0.25, 0.3) is 17.7 Å². The van der Waals surface area contributed by atoms with E-state index in [0.29, 0.717) is 24.3 Å². The summed E-state index contributed by atoms with van der Waals surface area (Å²) in [5.41, 5.74) is 2.09.